The topological polar surface area (TPSA) is 66.2 Å². The first kappa shape index (κ1) is 15.8. The van der Waals surface area contributed by atoms with Crippen LogP contribution in [0.4, 0.5) is 0 Å². The van der Waals surface area contributed by atoms with Gasteiger partial charge >= 0.3 is 0 Å². The van der Waals surface area contributed by atoms with Gasteiger partial charge in [0.05, 0.1) is 0 Å². The number of hydrogen-bond acceptors (Lipinski definition) is 2. The Kier molecular flexibility index (Phi) is 6.67. The zero-order valence-corrected chi connectivity index (χ0v) is 12.6. The smallest absolute Gasteiger partial charge is 0.198 e. The second-order valence-electron chi connectivity index (χ2n) is 5.35. The molecule has 3 N–H and O–H groups in total. The summed E-state index contributed by atoms with van der Waals surface area (Å²) in [6, 6.07) is 0.471. The molecule has 0 aliphatic carbocycles. The fourth-order valence-electron chi connectivity index (χ4n) is 2.54. The largest absolute Gasteiger partial charge is 0.346 e. The van der Waals surface area contributed by atoms with Crippen molar-refractivity contribution in [2.45, 2.75) is 58.4 Å². The van der Waals surface area contributed by atoms with E-state index >= 15 is 0 Å². The number of hydrogen-bond donors (Lipinski definition) is 3. The molecule has 1 heterocycles. The van der Waals surface area contributed by atoms with E-state index in [9.17, 15) is 0 Å². The zero-order valence-electron chi connectivity index (χ0n) is 12.6. The number of nitrogens with one attached hydrogen (secondary N) is 3. The highest BCUT2D eigenvalue weighted by Crippen LogP contribution is 2.19. The van der Waals surface area contributed by atoms with Gasteiger partial charge in [-0.3, -0.25) is 16.1 Å². The molecule has 5 heteroatoms. The van der Waals surface area contributed by atoms with Crippen LogP contribution >= 0.6 is 0 Å². The minimum atomic E-state index is 0.336. The summed E-state index contributed by atoms with van der Waals surface area (Å²) in [4.78, 5) is 3.98. The lowest BCUT2D eigenvalue weighted by atomic mass is 10.2. The first-order valence-corrected chi connectivity index (χ1v) is 7.52. The minimum Gasteiger partial charge on any atom is -0.346 e. The molecule has 5 nitrogen and oxygen atoms in total. The maximum Gasteiger partial charge on any atom is 0.198 e. The van der Waals surface area contributed by atoms with Crippen molar-refractivity contribution in [3.8, 4) is 0 Å². The average molecular weight is 267 g/mol. The Morgan fingerprint density at radius 1 is 1.32 bits per heavy atom. The molecule has 0 amide bonds. The van der Waals surface area contributed by atoms with Gasteiger partial charge in [0.1, 0.15) is 0 Å². The van der Waals surface area contributed by atoms with Crippen molar-refractivity contribution in [1.82, 2.24) is 15.1 Å². The first-order valence-electron chi connectivity index (χ1n) is 7.52. The molecule has 110 valence electrons. The summed E-state index contributed by atoms with van der Waals surface area (Å²) in [5.74, 6) is 0.722. The summed E-state index contributed by atoms with van der Waals surface area (Å²) in [6.45, 7) is 6.16. The lowest BCUT2D eigenvalue weighted by Crippen LogP contribution is -2.49. The molecule has 0 bridgehead atoms. The van der Waals surface area contributed by atoms with Crippen molar-refractivity contribution in [3.05, 3.63) is 0 Å². The highest BCUT2D eigenvalue weighted by atomic mass is 15.4. The molecule has 1 unspecified atom stereocenters. The standard InChI is InChI=1S/C14H29N5/c1-4-6-7-10-18(3)13(15)17-14(16)19-11-8-9-12(19)5-2/h12H,4-11H2,1-3H3,(H3,15,16,17). The Balaban J connectivity index is 2.36. The van der Waals surface area contributed by atoms with Gasteiger partial charge < -0.3 is 9.80 Å². The second-order valence-corrected chi connectivity index (χ2v) is 5.35. The number of guanidine groups is 2. The van der Waals surface area contributed by atoms with E-state index in [1.54, 1.807) is 0 Å². The summed E-state index contributed by atoms with van der Waals surface area (Å²) < 4.78 is 0. The van der Waals surface area contributed by atoms with Crippen LogP contribution in [-0.2, 0) is 0 Å². The van der Waals surface area contributed by atoms with Crippen LogP contribution < -0.4 is 5.32 Å². The molecule has 0 aromatic rings. The summed E-state index contributed by atoms with van der Waals surface area (Å²) in [5.41, 5.74) is 0. The van der Waals surface area contributed by atoms with Crippen molar-refractivity contribution in [1.29, 1.82) is 10.8 Å². The normalized spacial score (nSPS) is 18.5. The van der Waals surface area contributed by atoms with E-state index in [0.717, 1.165) is 32.4 Å². The van der Waals surface area contributed by atoms with Crippen LogP contribution in [0.1, 0.15) is 52.4 Å². The van der Waals surface area contributed by atoms with Crippen LogP contribution in [0.2, 0.25) is 0 Å². The molecule has 19 heavy (non-hydrogen) atoms. The van der Waals surface area contributed by atoms with Gasteiger partial charge in [0.15, 0.2) is 11.9 Å². The van der Waals surface area contributed by atoms with E-state index in [2.05, 4.69) is 24.1 Å². The van der Waals surface area contributed by atoms with E-state index in [0.29, 0.717) is 18.0 Å². The van der Waals surface area contributed by atoms with Crippen molar-refractivity contribution in [3.63, 3.8) is 0 Å². The van der Waals surface area contributed by atoms with Crippen LogP contribution in [0.5, 0.6) is 0 Å². The molecular weight excluding hydrogens is 238 g/mol. The lowest BCUT2D eigenvalue weighted by molar-refractivity contribution is 0.366. The van der Waals surface area contributed by atoms with Crippen molar-refractivity contribution >= 4 is 11.9 Å². The van der Waals surface area contributed by atoms with Crippen LogP contribution in [-0.4, -0.2) is 47.9 Å². The molecule has 1 rings (SSSR count). The third kappa shape index (κ3) is 4.73. The van der Waals surface area contributed by atoms with Gasteiger partial charge in [0.2, 0.25) is 0 Å². The molecule has 0 aromatic carbocycles. The predicted octanol–water partition coefficient (Wildman–Crippen LogP) is 2.44. The maximum absolute atomic E-state index is 8.10. The Labute approximate surface area is 117 Å². The van der Waals surface area contributed by atoms with Gasteiger partial charge in [0, 0.05) is 26.2 Å². The summed E-state index contributed by atoms with van der Waals surface area (Å²) >= 11 is 0. The molecule has 1 saturated heterocycles. The van der Waals surface area contributed by atoms with E-state index in [-0.39, 0.29) is 0 Å². The van der Waals surface area contributed by atoms with Crippen LogP contribution in [0.15, 0.2) is 0 Å². The van der Waals surface area contributed by atoms with E-state index in [1.807, 2.05) is 11.9 Å². The third-order valence-electron chi connectivity index (χ3n) is 3.85. The molecule has 0 radical (unpaired) electrons. The highest BCUT2D eigenvalue weighted by molar-refractivity contribution is 5.95. The molecule has 1 atom stereocenters. The van der Waals surface area contributed by atoms with Crippen LogP contribution in [0, 0.1) is 10.8 Å². The molecule has 1 fully saturated rings. The van der Waals surface area contributed by atoms with Gasteiger partial charge in [-0.1, -0.05) is 26.7 Å². The molecule has 0 aromatic heterocycles. The van der Waals surface area contributed by atoms with Gasteiger partial charge in [0.25, 0.3) is 0 Å². The van der Waals surface area contributed by atoms with Gasteiger partial charge in [-0.2, -0.15) is 0 Å². The predicted molar refractivity (Wildman–Crippen MR) is 80.8 cm³/mol. The molecule has 0 saturated carbocycles. The number of nitrogens with zero attached hydrogens (tertiary/aromatic N) is 2. The van der Waals surface area contributed by atoms with Crippen LogP contribution in [0.25, 0.3) is 0 Å². The summed E-state index contributed by atoms with van der Waals surface area (Å²) in [7, 11) is 1.92. The highest BCUT2D eigenvalue weighted by Gasteiger charge is 2.25. The Bertz CT molecular complexity index is 302. The quantitative estimate of drug-likeness (QED) is 0.407. The number of rotatable bonds is 5. The summed E-state index contributed by atoms with van der Waals surface area (Å²) in [5, 5.41) is 19.0. The molecule has 1 aliphatic heterocycles. The Morgan fingerprint density at radius 3 is 2.68 bits per heavy atom. The lowest BCUT2D eigenvalue weighted by Gasteiger charge is -2.28. The minimum absolute atomic E-state index is 0.336. The Morgan fingerprint density at radius 2 is 2.05 bits per heavy atom. The fourth-order valence-corrected chi connectivity index (χ4v) is 2.54. The van der Waals surface area contributed by atoms with Crippen LogP contribution in [0.3, 0.4) is 0 Å². The fraction of sp³-hybridized carbons (Fsp3) is 0.857. The van der Waals surface area contributed by atoms with E-state index < -0.39 is 0 Å². The van der Waals surface area contributed by atoms with E-state index in [1.165, 1.54) is 19.3 Å². The zero-order chi connectivity index (χ0) is 14.3. The number of likely N-dealkylation sites (tertiary alicyclic amines) is 1. The maximum atomic E-state index is 8.10. The monoisotopic (exact) mass is 267 g/mol. The van der Waals surface area contributed by atoms with Gasteiger partial charge in [-0.15, -0.1) is 0 Å². The molecule has 1 aliphatic rings. The average Bonchev–Trinajstić information content (AvgIpc) is 2.87. The van der Waals surface area contributed by atoms with Crippen molar-refractivity contribution < 1.29 is 0 Å². The number of unbranched alkanes of at least 4 members (excludes halogenated alkanes) is 2. The van der Waals surface area contributed by atoms with Gasteiger partial charge in [-0.05, 0) is 25.7 Å². The Hall–Kier alpha value is -1.26. The second kappa shape index (κ2) is 8.02. The molecular formula is C14H29N5. The first-order chi connectivity index (χ1) is 9.10. The summed E-state index contributed by atoms with van der Waals surface area (Å²) in [6.07, 6.45) is 6.88. The van der Waals surface area contributed by atoms with E-state index in [4.69, 9.17) is 10.8 Å². The van der Waals surface area contributed by atoms with Gasteiger partial charge in [-0.25, -0.2) is 0 Å². The SMILES string of the molecule is CCCCCN(C)C(=N)NC(=N)N1CCCC1CC. The van der Waals surface area contributed by atoms with Crippen molar-refractivity contribution in [2.24, 2.45) is 0 Å². The molecule has 0 spiro atoms. The third-order valence-corrected chi connectivity index (χ3v) is 3.85. The van der Waals surface area contributed by atoms with Crippen molar-refractivity contribution in [2.75, 3.05) is 20.1 Å².